The van der Waals surface area contributed by atoms with Crippen molar-refractivity contribution in [2.24, 2.45) is 0 Å². The number of carbonyl (C=O) groups is 1. The Morgan fingerprint density at radius 1 is 1.28 bits per heavy atom. The molecule has 2 atom stereocenters. The molecule has 0 saturated carbocycles. The normalized spacial score (nSPS) is 13.2. The molecule has 0 bridgehead atoms. The molecule has 0 amide bonds. The molecule has 0 aromatic heterocycles. The highest BCUT2D eigenvalue weighted by Crippen LogP contribution is 1.90. The van der Waals surface area contributed by atoms with Crippen molar-refractivity contribution in [3.63, 3.8) is 0 Å². The van der Waals surface area contributed by atoms with Gasteiger partial charge < -0.3 is 19.3 Å². The maximum atomic E-state index is 10.3. The predicted molar refractivity (Wildman–Crippen MR) is 70.5 cm³/mol. The first-order valence-electron chi connectivity index (χ1n) is 6.35. The molecule has 0 aromatic carbocycles. The third-order valence-electron chi connectivity index (χ3n) is 1.77. The number of aliphatic hydroxyl groups is 1. The van der Waals surface area contributed by atoms with Crippen LogP contribution in [0.4, 0.5) is 0 Å². The summed E-state index contributed by atoms with van der Waals surface area (Å²) in [5, 5.41) is 8.73. The van der Waals surface area contributed by atoms with Crippen LogP contribution in [0.3, 0.4) is 0 Å². The summed E-state index contributed by atoms with van der Waals surface area (Å²) in [6, 6.07) is 0. The molecule has 0 aliphatic heterocycles. The third-order valence-corrected chi connectivity index (χ3v) is 1.77. The van der Waals surface area contributed by atoms with E-state index in [1.807, 2.05) is 0 Å². The number of esters is 1. The van der Waals surface area contributed by atoms with Crippen molar-refractivity contribution in [2.45, 2.75) is 52.7 Å². The van der Waals surface area contributed by atoms with Crippen LogP contribution in [0.25, 0.3) is 0 Å². The summed E-state index contributed by atoms with van der Waals surface area (Å²) in [6.45, 7) is 8.72. The molecule has 110 valence electrons. The van der Waals surface area contributed by atoms with Gasteiger partial charge in [-0.2, -0.15) is 0 Å². The topological polar surface area (TPSA) is 65.0 Å². The van der Waals surface area contributed by atoms with E-state index in [1.54, 1.807) is 21.0 Å². The molecule has 2 unspecified atom stereocenters. The second kappa shape index (κ2) is 14.4. The zero-order valence-electron chi connectivity index (χ0n) is 12.3. The van der Waals surface area contributed by atoms with Crippen LogP contribution in [0.2, 0.25) is 0 Å². The Balaban J connectivity index is 0. The lowest BCUT2D eigenvalue weighted by Crippen LogP contribution is -2.17. The Morgan fingerprint density at radius 2 is 1.89 bits per heavy atom. The predicted octanol–water partition coefficient (Wildman–Crippen LogP) is 1.77. The van der Waals surface area contributed by atoms with Crippen LogP contribution in [0.1, 0.15) is 40.5 Å². The highest BCUT2D eigenvalue weighted by atomic mass is 16.6. The SMILES string of the molecule is CCCCOCC(C)O.COCC(C)OC(C)=O. The first kappa shape index (κ1) is 19.7. The Morgan fingerprint density at radius 3 is 2.28 bits per heavy atom. The largest absolute Gasteiger partial charge is 0.460 e. The summed E-state index contributed by atoms with van der Waals surface area (Å²) in [4.78, 5) is 10.3. The van der Waals surface area contributed by atoms with Crippen LogP contribution < -0.4 is 0 Å². The van der Waals surface area contributed by atoms with Gasteiger partial charge in [0.15, 0.2) is 0 Å². The molecule has 0 aromatic rings. The zero-order valence-corrected chi connectivity index (χ0v) is 12.3. The molecule has 0 aliphatic rings. The fourth-order valence-electron chi connectivity index (χ4n) is 1.05. The van der Waals surface area contributed by atoms with E-state index in [4.69, 9.17) is 19.3 Å². The van der Waals surface area contributed by atoms with Gasteiger partial charge in [-0.3, -0.25) is 4.79 Å². The minimum atomic E-state index is -0.318. The average Bonchev–Trinajstić information content (AvgIpc) is 2.24. The summed E-state index contributed by atoms with van der Waals surface area (Å²) < 4.78 is 14.5. The van der Waals surface area contributed by atoms with Crippen LogP contribution in [0.5, 0.6) is 0 Å². The van der Waals surface area contributed by atoms with Crippen molar-refractivity contribution in [3.05, 3.63) is 0 Å². The Hall–Kier alpha value is -0.650. The van der Waals surface area contributed by atoms with Gasteiger partial charge in [0, 0.05) is 20.6 Å². The highest BCUT2D eigenvalue weighted by molar-refractivity contribution is 5.66. The number of hydrogen-bond acceptors (Lipinski definition) is 5. The minimum Gasteiger partial charge on any atom is -0.460 e. The second-order valence-corrected chi connectivity index (χ2v) is 4.15. The fourth-order valence-corrected chi connectivity index (χ4v) is 1.05. The average molecular weight is 264 g/mol. The number of rotatable bonds is 8. The summed E-state index contributed by atoms with van der Waals surface area (Å²) in [6.07, 6.45) is 1.79. The molecule has 1 N–H and O–H groups in total. The first-order chi connectivity index (χ1) is 8.43. The molecule has 0 rings (SSSR count). The smallest absolute Gasteiger partial charge is 0.302 e. The molecule has 0 radical (unpaired) electrons. The van der Waals surface area contributed by atoms with E-state index in [2.05, 4.69) is 6.92 Å². The van der Waals surface area contributed by atoms with Gasteiger partial charge >= 0.3 is 5.97 Å². The van der Waals surface area contributed by atoms with E-state index < -0.39 is 0 Å². The van der Waals surface area contributed by atoms with E-state index in [9.17, 15) is 4.79 Å². The van der Waals surface area contributed by atoms with Crippen molar-refractivity contribution >= 4 is 5.97 Å². The lowest BCUT2D eigenvalue weighted by Gasteiger charge is -2.08. The number of carbonyl (C=O) groups excluding carboxylic acids is 1. The standard InChI is InChI=1S/C7H16O2.C6H12O3/c1-3-4-5-9-6-7(2)8;1-5(4-8-3)9-6(2)7/h7-8H,3-6H2,1-2H3;5H,4H2,1-3H3. The molecule has 0 spiro atoms. The quantitative estimate of drug-likeness (QED) is 0.534. The first-order valence-corrected chi connectivity index (χ1v) is 6.35. The molecule has 0 aliphatic carbocycles. The van der Waals surface area contributed by atoms with Crippen molar-refractivity contribution in [3.8, 4) is 0 Å². The highest BCUT2D eigenvalue weighted by Gasteiger charge is 2.02. The van der Waals surface area contributed by atoms with Gasteiger partial charge in [-0.1, -0.05) is 13.3 Å². The minimum absolute atomic E-state index is 0.132. The van der Waals surface area contributed by atoms with Crippen molar-refractivity contribution < 1.29 is 24.1 Å². The molecule has 0 saturated heterocycles. The van der Waals surface area contributed by atoms with Crippen LogP contribution >= 0.6 is 0 Å². The summed E-state index contributed by atoms with van der Waals surface area (Å²) in [5.41, 5.74) is 0. The number of methoxy groups -OCH3 is 1. The summed E-state index contributed by atoms with van der Waals surface area (Å²) in [7, 11) is 1.57. The van der Waals surface area contributed by atoms with Gasteiger partial charge in [0.2, 0.25) is 0 Å². The van der Waals surface area contributed by atoms with Gasteiger partial charge in [-0.05, 0) is 20.3 Å². The lowest BCUT2D eigenvalue weighted by atomic mass is 10.4. The summed E-state index contributed by atoms with van der Waals surface area (Å²) in [5.74, 6) is -0.264. The number of hydrogen-bond donors (Lipinski definition) is 1. The van der Waals surface area contributed by atoms with Crippen LogP contribution in [-0.4, -0.2) is 50.2 Å². The van der Waals surface area contributed by atoms with Gasteiger partial charge in [0.05, 0.1) is 19.3 Å². The molecule has 5 nitrogen and oxygen atoms in total. The maximum absolute atomic E-state index is 10.3. The molecule has 5 heteroatoms. The Labute approximate surface area is 110 Å². The second-order valence-electron chi connectivity index (χ2n) is 4.15. The number of ether oxygens (including phenoxy) is 3. The van der Waals surface area contributed by atoms with E-state index in [0.717, 1.165) is 19.4 Å². The lowest BCUT2D eigenvalue weighted by molar-refractivity contribution is -0.147. The van der Waals surface area contributed by atoms with Crippen LogP contribution in [0, 0.1) is 0 Å². The van der Waals surface area contributed by atoms with Gasteiger partial charge in [0.1, 0.15) is 6.10 Å². The fraction of sp³-hybridized carbons (Fsp3) is 0.923. The van der Waals surface area contributed by atoms with Crippen molar-refractivity contribution in [1.29, 1.82) is 0 Å². The monoisotopic (exact) mass is 264 g/mol. The molecular weight excluding hydrogens is 236 g/mol. The zero-order chi connectivity index (χ0) is 14.4. The summed E-state index contributed by atoms with van der Waals surface area (Å²) >= 11 is 0. The van der Waals surface area contributed by atoms with Gasteiger partial charge in [-0.25, -0.2) is 0 Å². The third kappa shape index (κ3) is 20.7. The van der Waals surface area contributed by atoms with E-state index in [-0.39, 0.29) is 18.2 Å². The van der Waals surface area contributed by atoms with E-state index in [1.165, 1.54) is 6.92 Å². The number of aliphatic hydroxyl groups excluding tert-OH is 1. The van der Waals surface area contributed by atoms with Crippen LogP contribution in [-0.2, 0) is 19.0 Å². The van der Waals surface area contributed by atoms with E-state index in [0.29, 0.717) is 13.2 Å². The Bertz CT molecular complexity index is 182. The van der Waals surface area contributed by atoms with Crippen molar-refractivity contribution in [2.75, 3.05) is 26.9 Å². The van der Waals surface area contributed by atoms with Crippen molar-refractivity contribution in [1.82, 2.24) is 0 Å². The Kier molecular flexibility index (Phi) is 15.8. The van der Waals surface area contributed by atoms with E-state index >= 15 is 0 Å². The molecule has 0 fully saturated rings. The van der Waals surface area contributed by atoms with Gasteiger partial charge in [0.25, 0.3) is 0 Å². The van der Waals surface area contributed by atoms with Crippen LogP contribution in [0.15, 0.2) is 0 Å². The molecule has 18 heavy (non-hydrogen) atoms. The molecule has 0 heterocycles. The maximum Gasteiger partial charge on any atom is 0.302 e. The number of unbranched alkanes of at least 4 members (excludes halogenated alkanes) is 1. The molecular formula is C13H28O5. The van der Waals surface area contributed by atoms with Gasteiger partial charge in [-0.15, -0.1) is 0 Å².